The van der Waals surface area contributed by atoms with Crippen LogP contribution in [-0.4, -0.2) is 35.9 Å². The summed E-state index contributed by atoms with van der Waals surface area (Å²) in [5, 5.41) is 11.0. The fourth-order valence-electron chi connectivity index (χ4n) is 2.74. The molecule has 0 fully saturated rings. The molecule has 0 aliphatic rings. The average Bonchev–Trinajstić information content (AvgIpc) is 3.20. The summed E-state index contributed by atoms with van der Waals surface area (Å²) >= 11 is 12.0. The molecule has 0 unspecified atom stereocenters. The number of halogens is 2. The molecule has 0 spiro atoms. The lowest BCUT2D eigenvalue weighted by molar-refractivity contribution is 0.102. The van der Waals surface area contributed by atoms with Gasteiger partial charge in [0.2, 0.25) is 11.6 Å². The molecule has 1 heterocycles. The summed E-state index contributed by atoms with van der Waals surface area (Å²) in [6, 6.07) is 7.90. The fraction of sp³-hybridized carbons (Fsp3) is 0.286. The quantitative estimate of drug-likeness (QED) is 0.445. The zero-order valence-electron chi connectivity index (χ0n) is 17.2. The zero-order chi connectivity index (χ0) is 22.4. The van der Waals surface area contributed by atoms with Gasteiger partial charge in [-0.15, -0.1) is 5.10 Å². The van der Waals surface area contributed by atoms with Gasteiger partial charge in [0, 0.05) is 10.6 Å². The topological polar surface area (TPSA) is 95.7 Å². The lowest BCUT2D eigenvalue weighted by atomic mass is 10.2. The molecule has 0 aliphatic carbocycles. The number of carbonyl (C=O) groups excluding carboxylic acids is 1. The van der Waals surface area contributed by atoms with Crippen molar-refractivity contribution < 1.29 is 23.4 Å². The molecule has 0 bridgehead atoms. The van der Waals surface area contributed by atoms with E-state index in [9.17, 15) is 4.79 Å². The molecule has 3 aromatic rings. The first-order valence-corrected chi connectivity index (χ1v) is 10.4. The van der Waals surface area contributed by atoms with Gasteiger partial charge in [-0.2, -0.15) is 0 Å². The van der Waals surface area contributed by atoms with Crippen LogP contribution in [0.3, 0.4) is 0 Å². The van der Waals surface area contributed by atoms with Crippen molar-refractivity contribution in [2.24, 2.45) is 0 Å². The molecule has 1 N–H and O–H groups in total. The maximum Gasteiger partial charge on any atom is 0.322 e. The molecule has 31 heavy (non-hydrogen) atoms. The van der Waals surface area contributed by atoms with Crippen LogP contribution in [0, 0.1) is 0 Å². The first-order chi connectivity index (χ1) is 15.0. The first kappa shape index (κ1) is 22.7. The van der Waals surface area contributed by atoms with E-state index in [4.69, 9.17) is 41.8 Å². The second-order valence-electron chi connectivity index (χ2n) is 6.09. The summed E-state index contributed by atoms with van der Waals surface area (Å²) in [7, 11) is 0. The van der Waals surface area contributed by atoms with Gasteiger partial charge in [-0.3, -0.25) is 10.1 Å². The van der Waals surface area contributed by atoms with E-state index in [1.165, 1.54) is 12.1 Å². The van der Waals surface area contributed by atoms with E-state index in [1.54, 1.807) is 18.2 Å². The van der Waals surface area contributed by atoms with Crippen molar-refractivity contribution in [3.8, 4) is 28.7 Å². The van der Waals surface area contributed by atoms with Crippen LogP contribution in [0.25, 0.3) is 11.5 Å². The number of aromatic nitrogens is 2. The first-order valence-electron chi connectivity index (χ1n) is 9.63. The number of ether oxygens (including phenoxy) is 3. The molecule has 1 aromatic heterocycles. The summed E-state index contributed by atoms with van der Waals surface area (Å²) in [4.78, 5) is 12.5. The molecule has 8 nitrogen and oxygen atoms in total. The molecule has 0 atom stereocenters. The van der Waals surface area contributed by atoms with Gasteiger partial charge in [0.05, 0.1) is 30.4 Å². The third-order valence-electron chi connectivity index (χ3n) is 3.97. The van der Waals surface area contributed by atoms with E-state index in [-0.39, 0.29) is 22.5 Å². The van der Waals surface area contributed by atoms with Crippen LogP contribution in [0.15, 0.2) is 34.7 Å². The third kappa shape index (κ3) is 5.39. The summed E-state index contributed by atoms with van der Waals surface area (Å²) in [5.74, 6) is 1.11. The highest BCUT2D eigenvalue weighted by Gasteiger charge is 2.20. The minimum Gasteiger partial charge on any atom is -0.490 e. The van der Waals surface area contributed by atoms with Gasteiger partial charge in [-0.05, 0) is 51.1 Å². The van der Waals surface area contributed by atoms with Crippen molar-refractivity contribution in [2.75, 3.05) is 25.1 Å². The van der Waals surface area contributed by atoms with Crippen molar-refractivity contribution >= 4 is 35.1 Å². The second-order valence-corrected chi connectivity index (χ2v) is 6.93. The molecule has 1 amide bonds. The average molecular weight is 466 g/mol. The van der Waals surface area contributed by atoms with E-state index in [0.29, 0.717) is 47.7 Å². The highest BCUT2D eigenvalue weighted by molar-refractivity contribution is 6.36. The maximum atomic E-state index is 12.5. The third-order valence-corrected chi connectivity index (χ3v) is 4.54. The number of hydrogen-bond acceptors (Lipinski definition) is 7. The highest BCUT2D eigenvalue weighted by atomic mass is 35.5. The van der Waals surface area contributed by atoms with Gasteiger partial charge < -0.3 is 18.6 Å². The lowest BCUT2D eigenvalue weighted by Gasteiger charge is -2.16. The van der Waals surface area contributed by atoms with Gasteiger partial charge in [-0.1, -0.05) is 28.3 Å². The monoisotopic (exact) mass is 465 g/mol. The molecule has 0 aliphatic heterocycles. The van der Waals surface area contributed by atoms with Crippen LogP contribution in [0.2, 0.25) is 10.0 Å². The zero-order valence-corrected chi connectivity index (χ0v) is 18.7. The Hall–Kier alpha value is -2.97. The Balaban J connectivity index is 1.90. The number of hydrogen-bond donors (Lipinski definition) is 1. The van der Waals surface area contributed by atoms with Crippen molar-refractivity contribution in [1.82, 2.24) is 10.2 Å². The number of nitrogens with zero attached hydrogens (tertiary/aromatic N) is 2. The normalized spacial score (nSPS) is 10.6. The van der Waals surface area contributed by atoms with Gasteiger partial charge in [0.25, 0.3) is 5.91 Å². The van der Waals surface area contributed by atoms with E-state index in [1.807, 2.05) is 20.8 Å². The smallest absolute Gasteiger partial charge is 0.322 e. The summed E-state index contributed by atoms with van der Waals surface area (Å²) in [6.45, 7) is 6.91. The fourth-order valence-corrected chi connectivity index (χ4v) is 3.11. The largest absolute Gasteiger partial charge is 0.490 e. The van der Waals surface area contributed by atoms with Crippen LogP contribution in [0.1, 0.15) is 31.1 Å². The highest BCUT2D eigenvalue weighted by Crippen LogP contribution is 2.41. The molecule has 0 saturated heterocycles. The maximum absolute atomic E-state index is 12.5. The molecular formula is C21H21Cl2N3O5. The van der Waals surface area contributed by atoms with Crippen LogP contribution >= 0.6 is 23.2 Å². The molecule has 3 rings (SSSR count). The molecule has 2 aromatic carbocycles. The van der Waals surface area contributed by atoms with Crippen LogP contribution < -0.4 is 19.5 Å². The number of anilines is 1. The molecule has 10 heteroatoms. The van der Waals surface area contributed by atoms with Gasteiger partial charge in [0.1, 0.15) is 0 Å². The van der Waals surface area contributed by atoms with Crippen molar-refractivity contribution in [3.63, 3.8) is 0 Å². The molecular weight excluding hydrogens is 445 g/mol. The van der Waals surface area contributed by atoms with E-state index in [2.05, 4.69) is 15.5 Å². The Morgan fingerprint density at radius 1 is 0.968 bits per heavy atom. The van der Waals surface area contributed by atoms with Crippen LogP contribution in [0.4, 0.5) is 6.01 Å². The van der Waals surface area contributed by atoms with Crippen molar-refractivity contribution in [3.05, 3.63) is 45.9 Å². The van der Waals surface area contributed by atoms with Crippen LogP contribution in [-0.2, 0) is 0 Å². The van der Waals surface area contributed by atoms with Crippen molar-refractivity contribution in [1.29, 1.82) is 0 Å². The van der Waals surface area contributed by atoms with Gasteiger partial charge >= 0.3 is 6.01 Å². The number of rotatable bonds is 9. The molecule has 0 radical (unpaired) electrons. The van der Waals surface area contributed by atoms with Crippen molar-refractivity contribution in [2.45, 2.75) is 20.8 Å². The Labute approximate surface area is 189 Å². The van der Waals surface area contributed by atoms with Crippen LogP contribution in [0.5, 0.6) is 17.2 Å². The Kier molecular flexibility index (Phi) is 7.59. The predicted octanol–water partition coefficient (Wildman–Crippen LogP) is 5.49. The number of amides is 1. The van der Waals surface area contributed by atoms with E-state index in [0.717, 1.165) is 0 Å². The van der Waals surface area contributed by atoms with E-state index < -0.39 is 5.91 Å². The molecule has 164 valence electrons. The number of benzene rings is 2. The minimum atomic E-state index is -0.528. The predicted molar refractivity (Wildman–Crippen MR) is 118 cm³/mol. The lowest BCUT2D eigenvalue weighted by Crippen LogP contribution is -2.12. The molecule has 0 saturated carbocycles. The SMILES string of the molecule is CCOc1cc(-c2nnc(NC(=O)c3cc(Cl)ccc3Cl)o2)cc(OCC)c1OCC. The second kappa shape index (κ2) is 10.4. The number of nitrogens with one attached hydrogen (secondary N) is 1. The Morgan fingerprint density at radius 2 is 1.61 bits per heavy atom. The van der Waals surface area contributed by atoms with Gasteiger partial charge in [-0.25, -0.2) is 0 Å². The number of carbonyl (C=O) groups is 1. The van der Waals surface area contributed by atoms with E-state index >= 15 is 0 Å². The Bertz CT molecular complexity index is 1040. The van der Waals surface area contributed by atoms with Gasteiger partial charge in [0.15, 0.2) is 11.5 Å². The summed E-state index contributed by atoms with van der Waals surface area (Å²) in [5.41, 5.74) is 0.733. The summed E-state index contributed by atoms with van der Waals surface area (Å²) < 4.78 is 22.7. The standard InChI is InChI=1S/C21H21Cl2N3O5/c1-4-28-16-9-12(10-17(29-5-2)18(16)30-6-3)20-25-26-21(31-20)24-19(27)14-11-13(22)7-8-15(14)23/h7-11H,4-6H2,1-3H3,(H,24,26,27). The minimum absolute atomic E-state index is 0.0964. The summed E-state index contributed by atoms with van der Waals surface area (Å²) in [6.07, 6.45) is 0. The Morgan fingerprint density at radius 3 is 2.23 bits per heavy atom.